The highest BCUT2D eigenvalue weighted by atomic mass is 16.5. The molecule has 3 N–H and O–H groups in total. The number of anilines is 2. The zero-order chi connectivity index (χ0) is 20.2. The summed E-state index contributed by atoms with van der Waals surface area (Å²) >= 11 is 0. The highest BCUT2D eigenvalue weighted by molar-refractivity contribution is 6.15. The number of nitrogens with zero attached hydrogens (tertiary/aromatic N) is 3. The van der Waals surface area contributed by atoms with Crippen molar-refractivity contribution in [2.75, 3.05) is 36.9 Å². The third kappa shape index (κ3) is 4.50. The van der Waals surface area contributed by atoms with Crippen LogP contribution in [-0.2, 0) is 4.74 Å². The molecular formula is C22H29N5O2. The summed E-state index contributed by atoms with van der Waals surface area (Å²) in [5.41, 5.74) is 8.37. The normalized spacial score (nSPS) is 20.4. The molecule has 0 bridgehead atoms. The van der Waals surface area contributed by atoms with E-state index in [1.807, 2.05) is 12.1 Å². The largest absolute Gasteiger partial charge is 0.474 e. The van der Waals surface area contributed by atoms with Crippen LogP contribution in [0.2, 0.25) is 0 Å². The van der Waals surface area contributed by atoms with Crippen LogP contribution in [0.25, 0.3) is 0 Å². The maximum atomic E-state index is 8.85. The molecule has 2 aromatic rings. The number of nitrogens with two attached hydrogens (primary N) is 1. The molecule has 2 aromatic heterocycles. The predicted molar refractivity (Wildman–Crippen MR) is 114 cm³/mol. The van der Waals surface area contributed by atoms with E-state index in [0.717, 1.165) is 37.3 Å². The predicted octanol–water partition coefficient (Wildman–Crippen LogP) is 3.27. The van der Waals surface area contributed by atoms with E-state index in [1.54, 1.807) is 18.5 Å². The van der Waals surface area contributed by atoms with Crippen LogP contribution >= 0.6 is 0 Å². The van der Waals surface area contributed by atoms with Gasteiger partial charge in [-0.15, -0.1) is 0 Å². The van der Waals surface area contributed by atoms with Crippen LogP contribution in [0.3, 0.4) is 0 Å². The van der Waals surface area contributed by atoms with Gasteiger partial charge in [0.25, 0.3) is 0 Å². The highest BCUT2D eigenvalue weighted by Crippen LogP contribution is 2.29. The molecular weight excluding hydrogens is 366 g/mol. The Balaban J connectivity index is 1.60. The van der Waals surface area contributed by atoms with E-state index < -0.39 is 0 Å². The van der Waals surface area contributed by atoms with Crippen LogP contribution in [-0.4, -0.2) is 48.1 Å². The molecule has 0 aliphatic carbocycles. The Hall–Kier alpha value is -2.67. The van der Waals surface area contributed by atoms with Gasteiger partial charge in [0.15, 0.2) is 0 Å². The summed E-state index contributed by atoms with van der Waals surface area (Å²) in [7, 11) is 0. The molecule has 0 saturated carbocycles. The van der Waals surface area contributed by atoms with Crippen LogP contribution in [0.15, 0.2) is 30.6 Å². The van der Waals surface area contributed by atoms with Crippen LogP contribution < -0.4 is 15.4 Å². The minimum absolute atomic E-state index is 0.0347. The fourth-order valence-corrected chi connectivity index (χ4v) is 4.04. The van der Waals surface area contributed by atoms with E-state index in [4.69, 9.17) is 20.6 Å². The first-order valence-corrected chi connectivity index (χ1v) is 10.4. The molecule has 7 nitrogen and oxygen atoms in total. The van der Waals surface area contributed by atoms with Crippen molar-refractivity contribution in [3.8, 4) is 5.88 Å². The zero-order valence-electron chi connectivity index (χ0n) is 16.9. The third-order valence-corrected chi connectivity index (χ3v) is 5.66. The van der Waals surface area contributed by atoms with Gasteiger partial charge in [-0.05, 0) is 37.0 Å². The van der Waals surface area contributed by atoms with Crippen molar-refractivity contribution >= 4 is 17.2 Å². The monoisotopic (exact) mass is 395 g/mol. The van der Waals surface area contributed by atoms with Gasteiger partial charge in [-0.3, -0.25) is 5.41 Å². The Labute approximate surface area is 171 Å². The van der Waals surface area contributed by atoms with Gasteiger partial charge in [-0.25, -0.2) is 9.97 Å². The lowest BCUT2D eigenvalue weighted by Crippen LogP contribution is -2.34. The van der Waals surface area contributed by atoms with Gasteiger partial charge in [0.2, 0.25) is 5.88 Å². The first kappa shape index (κ1) is 19.6. The molecule has 154 valence electrons. The van der Waals surface area contributed by atoms with E-state index in [9.17, 15) is 0 Å². The first-order valence-electron chi connectivity index (χ1n) is 10.4. The Morgan fingerprint density at radius 3 is 2.79 bits per heavy atom. The fraction of sp³-hybridized carbons (Fsp3) is 0.500. The second-order valence-electron chi connectivity index (χ2n) is 7.98. The van der Waals surface area contributed by atoms with E-state index in [1.165, 1.54) is 12.8 Å². The standard InChI is InChI=1S/C22H29N5O2/c1-15-3-2-10-27(14-15)19-13-16(4-8-25-19)21(24)20-18(23)5-9-26-22(20)29-17-6-11-28-12-7-17/h4-5,8-9,13,15,17,24H,2-3,6-7,10-12,14H2,1H3,(H2,23,26). The highest BCUT2D eigenvalue weighted by Gasteiger charge is 2.23. The Bertz CT molecular complexity index is 866. The average molecular weight is 396 g/mol. The molecule has 29 heavy (non-hydrogen) atoms. The van der Waals surface area contributed by atoms with Gasteiger partial charge < -0.3 is 20.1 Å². The molecule has 7 heteroatoms. The molecule has 2 aliphatic heterocycles. The number of nitrogen functional groups attached to an aromatic ring is 1. The van der Waals surface area contributed by atoms with Crippen LogP contribution in [0, 0.1) is 11.3 Å². The van der Waals surface area contributed by atoms with E-state index in [2.05, 4.69) is 21.8 Å². The lowest BCUT2D eigenvalue weighted by molar-refractivity contribution is 0.0237. The number of pyridine rings is 2. The summed E-state index contributed by atoms with van der Waals surface area (Å²) in [4.78, 5) is 11.2. The van der Waals surface area contributed by atoms with E-state index in [-0.39, 0.29) is 6.10 Å². The summed E-state index contributed by atoms with van der Waals surface area (Å²) in [6.45, 7) is 5.63. The molecule has 0 spiro atoms. The smallest absolute Gasteiger partial charge is 0.225 e. The van der Waals surface area contributed by atoms with Crippen molar-refractivity contribution in [2.45, 2.75) is 38.7 Å². The SMILES string of the molecule is CC1CCCN(c2cc(C(=N)c3c(N)ccnc3OC3CCOCC3)ccn2)C1. The van der Waals surface area contributed by atoms with Crippen LogP contribution in [0.5, 0.6) is 5.88 Å². The van der Waals surface area contributed by atoms with Gasteiger partial charge in [0.1, 0.15) is 11.9 Å². The van der Waals surface area contributed by atoms with Crippen molar-refractivity contribution in [3.05, 3.63) is 41.7 Å². The minimum Gasteiger partial charge on any atom is -0.474 e. The van der Waals surface area contributed by atoms with Gasteiger partial charge >= 0.3 is 0 Å². The van der Waals surface area contributed by atoms with E-state index in [0.29, 0.717) is 42.0 Å². The molecule has 4 rings (SSSR count). The van der Waals surface area contributed by atoms with Gasteiger partial charge in [0, 0.05) is 49.6 Å². The van der Waals surface area contributed by atoms with Gasteiger partial charge in [-0.1, -0.05) is 6.92 Å². The number of aromatic nitrogens is 2. The lowest BCUT2D eigenvalue weighted by atomic mass is 9.99. The number of rotatable bonds is 5. The maximum absolute atomic E-state index is 8.85. The summed E-state index contributed by atoms with van der Waals surface area (Å²) in [5, 5.41) is 8.85. The molecule has 0 radical (unpaired) electrons. The van der Waals surface area contributed by atoms with Crippen molar-refractivity contribution in [2.24, 2.45) is 5.92 Å². The second kappa shape index (κ2) is 8.78. The summed E-state index contributed by atoms with van der Waals surface area (Å²) in [6.07, 6.45) is 7.49. The molecule has 1 atom stereocenters. The number of hydrogen-bond donors (Lipinski definition) is 2. The summed E-state index contributed by atoms with van der Waals surface area (Å²) in [5.74, 6) is 1.99. The van der Waals surface area contributed by atoms with Crippen molar-refractivity contribution < 1.29 is 9.47 Å². The quantitative estimate of drug-likeness (QED) is 0.754. The van der Waals surface area contributed by atoms with E-state index >= 15 is 0 Å². The van der Waals surface area contributed by atoms with Gasteiger partial charge in [0.05, 0.1) is 24.5 Å². The molecule has 2 aliphatic rings. The molecule has 4 heterocycles. The van der Waals surface area contributed by atoms with Crippen LogP contribution in [0.1, 0.15) is 43.7 Å². The first-order chi connectivity index (χ1) is 14.1. The lowest BCUT2D eigenvalue weighted by Gasteiger charge is -2.32. The summed E-state index contributed by atoms with van der Waals surface area (Å²) in [6, 6.07) is 5.55. The number of hydrogen-bond acceptors (Lipinski definition) is 7. The molecule has 2 fully saturated rings. The average Bonchev–Trinajstić information content (AvgIpc) is 2.74. The fourth-order valence-electron chi connectivity index (χ4n) is 4.04. The number of ether oxygens (including phenoxy) is 2. The summed E-state index contributed by atoms with van der Waals surface area (Å²) < 4.78 is 11.5. The van der Waals surface area contributed by atoms with Crippen LogP contribution in [0.4, 0.5) is 11.5 Å². The van der Waals surface area contributed by atoms with Crippen molar-refractivity contribution in [3.63, 3.8) is 0 Å². The Morgan fingerprint density at radius 2 is 2.00 bits per heavy atom. The van der Waals surface area contributed by atoms with Crippen molar-refractivity contribution in [1.82, 2.24) is 9.97 Å². The number of piperidine rings is 1. The number of nitrogens with one attached hydrogen (secondary N) is 1. The maximum Gasteiger partial charge on any atom is 0.225 e. The Morgan fingerprint density at radius 1 is 1.21 bits per heavy atom. The molecule has 1 unspecified atom stereocenters. The molecule has 0 amide bonds. The third-order valence-electron chi connectivity index (χ3n) is 5.66. The Kier molecular flexibility index (Phi) is 5.94. The zero-order valence-corrected chi connectivity index (χ0v) is 16.9. The second-order valence-corrected chi connectivity index (χ2v) is 7.98. The minimum atomic E-state index is 0.0347. The molecule has 0 aromatic carbocycles. The topological polar surface area (TPSA) is 97.4 Å². The molecule has 2 saturated heterocycles. The van der Waals surface area contributed by atoms with Crippen molar-refractivity contribution in [1.29, 1.82) is 5.41 Å². The van der Waals surface area contributed by atoms with Gasteiger partial charge in [-0.2, -0.15) is 0 Å².